The van der Waals surface area contributed by atoms with Crippen molar-refractivity contribution in [2.24, 2.45) is 0 Å². The molecule has 2 aromatic heterocycles. The van der Waals surface area contributed by atoms with Crippen molar-refractivity contribution in [1.29, 1.82) is 0 Å². The van der Waals surface area contributed by atoms with Crippen LogP contribution in [-0.2, 0) is 0 Å². The van der Waals surface area contributed by atoms with Crippen molar-refractivity contribution in [3.05, 3.63) is 176 Å². The highest BCUT2D eigenvalue weighted by Gasteiger charge is 2.21. The molecule has 4 nitrogen and oxygen atoms in total. The third kappa shape index (κ3) is 4.73. The van der Waals surface area contributed by atoms with Crippen LogP contribution in [0.25, 0.3) is 111 Å². The zero-order valence-electron chi connectivity index (χ0n) is 28.5. The van der Waals surface area contributed by atoms with Gasteiger partial charge < -0.3 is 4.42 Å². The number of hydrogen-bond donors (Lipinski definition) is 0. The van der Waals surface area contributed by atoms with Crippen LogP contribution in [0.4, 0.5) is 0 Å². The molecular formula is C49H29N3O. The number of aromatic nitrogens is 3. The summed E-state index contributed by atoms with van der Waals surface area (Å²) in [6.45, 7) is 0. The van der Waals surface area contributed by atoms with E-state index in [1.54, 1.807) is 0 Å². The van der Waals surface area contributed by atoms with Gasteiger partial charge in [-0.1, -0.05) is 152 Å². The molecule has 0 saturated carbocycles. The van der Waals surface area contributed by atoms with Gasteiger partial charge in [-0.2, -0.15) is 0 Å². The van der Waals surface area contributed by atoms with E-state index in [1.165, 1.54) is 48.8 Å². The second-order valence-electron chi connectivity index (χ2n) is 13.5. The van der Waals surface area contributed by atoms with Crippen LogP contribution in [-0.4, -0.2) is 15.0 Å². The van der Waals surface area contributed by atoms with Gasteiger partial charge in [0.25, 0.3) is 0 Å². The SMILES string of the molecule is c1ccc(-c2nc(-c3ccc(-c4ccccc4-c4ccc5oc6cccc7c8ccccc8c4c5c67)cc3)nc(-c3ccc4ccccc4c3)n2)cc1. The summed E-state index contributed by atoms with van der Waals surface area (Å²) in [5.74, 6) is 1.93. The highest BCUT2D eigenvalue weighted by molar-refractivity contribution is 6.35. The number of furan rings is 1. The molecule has 9 aromatic carbocycles. The first kappa shape index (κ1) is 29.5. The van der Waals surface area contributed by atoms with E-state index in [0.717, 1.165) is 44.4 Å². The Hall–Kier alpha value is -7.17. The molecular weight excluding hydrogens is 647 g/mol. The van der Waals surface area contributed by atoms with Crippen LogP contribution >= 0.6 is 0 Å². The second-order valence-corrected chi connectivity index (χ2v) is 13.5. The fraction of sp³-hybridized carbons (Fsp3) is 0. The Morgan fingerprint density at radius 1 is 0.302 bits per heavy atom. The van der Waals surface area contributed by atoms with E-state index < -0.39 is 0 Å². The average molecular weight is 676 g/mol. The van der Waals surface area contributed by atoms with Crippen LogP contribution in [0.2, 0.25) is 0 Å². The number of benzene rings is 9. The molecule has 4 heteroatoms. The Morgan fingerprint density at radius 3 is 1.68 bits per heavy atom. The molecule has 0 atom stereocenters. The van der Waals surface area contributed by atoms with E-state index in [1.807, 2.05) is 30.3 Å². The smallest absolute Gasteiger partial charge is 0.164 e. The van der Waals surface area contributed by atoms with Gasteiger partial charge in [-0.05, 0) is 73.5 Å². The number of nitrogens with zero attached hydrogens (tertiary/aromatic N) is 3. The lowest BCUT2D eigenvalue weighted by molar-refractivity contribution is 0.669. The van der Waals surface area contributed by atoms with Gasteiger partial charge in [0, 0.05) is 32.8 Å². The van der Waals surface area contributed by atoms with E-state index in [0.29, 0.717) is 17.5 Å². The molecule has 0 unspecified atom stereocenters. The summed E-state index contributed by atoms with van der Waals surface area (Å²) in [7, 11) is 0. The van der Waals surface area contributed by atoms with Gasteiger partial charge in [-0.15, -0.1) is 0 Å². The van der Waals surface area contributed by atoms with Crippen LogP contribution in [0.5, 0.6) is 0 Å². The van der Waals surface area contributed by atoms with Gasteiger partial charge in [0.05, 0.1) is 0 Å². The van der Waals surface area contributed by atoms with Gasteiger partial charge in [0.1, 0.15) is 11.2 Å². The zero-order valence-corrected chi connectivity index (χ0v) is 28.5. The molecule has 11 aromatic rings. The number of hydrogen-bond acceptors (Lipinski definition) is 4. The quantitative estimate of drug-likeness (QED) is 0.170. The Kier molecular flexibility index (Phi) is 6.52. The molecule has 0 spiro atoms. The first-order chi connectivity index (χ1) is 26.3. The van der Waals surface area contributed by atoms with Crippen molar-refractivity contribution in [1.82, 2.24) is 15.0 Å². The average Bonchev–Trinajstić information content (AvgIpc) is 3.63. The normalized spacial score (nSPS) is 11.8. The first-order valence-electron chi connectivity index (χ1n) is 17.9. The fourth-order valence-electron chi connectivity index (χ4n) is 8.02. The summed E-state index contributed by atoms with van der Waals surface area (Å²) in [4.78, 5) is 15.0. The minimum Gasteiger partial charge on any atom is -0.456 e. The molecule has 0 aliphatic heterocycles. The van der Waals surface area contributed by atoms with Crippen molar-refractivity contribution >= 4 is 54.3 Å². The molecule has 0 radical (unpaired) electrons. The van der Waals surface area contributed by atoms with Crippen LogP contribution in [0.1, 0.15) is 0 Å². The molecule has 0 aliphatic rings. The fourth-order valence-corrected chi connectivity index (χ4v) is 8.02. The predicted octanol–water partition coefficient (Wildman–Crippen LogP) is 13.0. The molecule has 11 rings (SSSR count). The van der Waals surface area contributed by atoms with Crippen LogP contribution in [0, 0.1) is 0 Å². The van der Waals surface area contributed by atoms with Crippen molar-refractivity contribution < 1.29 is 4.42 Å². The highest BCUT2D eigenvalue weighted by atomic mass is 16.3. The van der Waals surface area contributed by atoms with Crippen LogP contribution in [0.15, 0.2) is 180 Å². The monoisotopic (exact) mass is 675 g/mol. The Labute approximate surface area is 305 Å². The lowest BCUT2D eigenvalue weighted by atomic mass is 9.87. The Balaban J connectivity index is 1.05. The largest absolute Gasteiger partial charge is 0.456 e. The molecule has 2 heterocycles. The molecule has 0 bridgehead atoms. The van der Waals surface area contributed by atoms with Gasteiger partial charge >= 0.3 is 0 Å². The summed E-state index contributed by atoms with van der Waals surface area (Å²) in [5, 5.41) is 9.61. The minimum absolute atomic E-state index is 0.635. The summed E-state index contributed by atoms with van der Waals surface area (Å²) in [6, 6.07) is 61.6. The van der Waals surface area contributed by atoms with E-state index in [9.17, 15) is 0 Å². The Bertz CT molecular complexity index is 3160. The molecule has 0 N–H and O–H groups in total. The van der Waals surface area contributed by atoms with Crippen molar-refractivity contribution in [3.63, 3.8) is 0 Å². The standard InChI is InChI=1S/C49H29N3O/c1-2-12-32(13-3-1)47-50-48(52-49(51-47)35-26-21-30-11-4-5-14-34(30)29-35)33-24-22-31(23-25-33)36-15-6-7-16-37(36)41-27-28-43-46-44(41)39-18-9-8-17-38(39)40-19-10-20-42(53-43)45(40)46/h1-29H. The summed E-state index contributed by atoms with van der Waals surface area (Å²) in [6.07, 6.45) is 0. The Morgan fingerprint density at radius 2 is 0.868 bits per heavy atom. The summed E-state index contributed by atoms with van der Waals surface area (Å²) < 4.78 is 6.42. The molecule has 53 heavy (non-hydrogen) atoms. The van der Waals surface area contributed by atoms with Gasteiger partial charge in [-0.25, -0.2) is 15.0 Å². The molecule has 0 amide bonds. The van der Waals surface area contributed by atoms with Crippen molar-refractivity contribution in [2.75, 3.05) is 0 Å². The maximum atomic E-state index is 6.42. The highest BCUT2D eigenvalue weighted by Crippen LogP contribution is 2.47. The predicted molar refractivity (Wildman–Crippen MR) is 218 cm³/mol. The lowest BCUT2D eigenvalue weighted by Crippen LogP contribution is -2.00. The van der Waals surface area contributed by atoms with Crippen molar-refractivity contribution in [2.45, 2.75) is 0 Å². The van der Waals surface area contributed by atoms with Gasteiger partial charge in [-0.3, -0.25) is 0 Å². The molecule has 0 saturated heterocycles. The first-order valence-corrected chi connectivity index (χ1v) is 17.9. The molecule has 0 fully saturated rings. The van der Waals surface area contributed by atoms with E-state index in [2.05, 4.69) is 146 Å². The van der Waals surface area contributed by atoms with Gasteiger partial charge in [0.2, 0.25) is 0 Å². The topological polar surface area (TPSA) is 51.8 Å². The second kappa shape index (κ2) is 11.7. The lowest BCUT2D eigenvalue weighted by Gasteiger charge is -2.16. The number of rotatable bonds is 5. The summed E-state index contributed by atoms with van der Waals surface area (Å²) in [5.41, 5.74) is 9.30. The summed E-state index contributed by atoms with van der Waals surface area (Å²) >= 11 is 0. The van der Waals surface area contributed by atoms with E-state index in [4.69, 9.17) is 19.4 Å². The van der Waals surface area contributed by atoms with Gasteiger partial charge in [0.15, 0.2) is 17.5 Å². The molecule has 246 valence electrons. The maximum Gasteiger partial charge on any atom is 0.164 e. The minimum atomic E-state index is 0.635. The third-order valence-corrected chi connectivity index (χ3v) is 10.5. The zero-order chi connectivity index (χ0) is 34.9. The van der Waals surface area contributed by atoms with Crippen LogP contribution < -0.4 is 0 Å². The van der Waals surface area contributed by atoms with Crippen molar-refractivity contribution in [3.8, 4) is 56.4 Å². The molecule has 0 aliphatic carbocycles. The third-order valence-electron chi connectivity index (χ3n) is 10.5. The van der Waals surface area contributed by atoms with E-state index >= 15 is 0 Å². The van der Waals surface area contributed by atoms with Crippen LogP contribution in [0.3, 0.4) is 0 Å². The maximum absolute atomic E-state index is 6.42. The number of fused-ring (bicyclic) bond motifs is 4. The van der Waals surface area contributed by atoms with E-state index in [-0.39, 0.29) is 0 Å².